The highest BCUT2D eigenvalue weighted by atomic mass is 35.5. The second-order valence-corrected chi connectivity index (χ2v) is 7.36. The van der Waals surface area contributed by atoms with Gasteiger partial charge in [0.25, 0.3) is 0 Å². The Labute approximate surface area is 131 Å². The molecule has 0 saturated carbocycles. The average Bonchev–Trinajstić information content (AvgIpc) is 2.89. The first-order chi connectivity index (χ1) is 9.38. The Kier molecular flexibility index (Phi) is 4.34. The van der Waals surface area contributed by atoms with E-state index in [1.54, 1.807) is 4.88 Å². The smallest absolute Gasteiger partial charge is 0.0345 e. The molecule has 1 atom stereocenters. The quantitative estimate of drug-likeness (QED) is 0.801. The molecule has 1 aromatic carbocycles. The SMILES string of the molecule is Cl.c1ccc2sc(CCC3CN4CCC3CC4)cc2c1. The van der Waals surface area contributed by atoms with E-state index in [0.29, 0.717) is 0 Å². The van der Waals surface area contributed by atoms with Gasteiger partial charge in [0.05, 0.1) is 0 Å². The number of hydrogen-bond acceptors (Lipinski definition) is 2. The van der Waals surface area contributed by atoms with Gasteiger partial charge in [-0.2, -0.15) is 0 Å². The Bertz CT molecular complexity index is 538. The summed E-state index contributed by atoms with van der Waals surface area (Å²) in [6.45, 7) is 4.10. The van der Waals surface area contributed by atoms with Gasteiger partial charge in [0.2, 0.25) is 0 Å². The summed E-state index contributed by atoms with van der Waals surface area (Å²) >= 11 is 1.99. The first-order valence-corrected chi connectivity index (χ1v) is 8.40. The van der Waals surface area contributed by atoms with Gasteiger partial charge in [0.1, 0.15) is 0 Å². The van der Waals surface area contributed by atoms with Crippen LogP contribution >= 0.6 is 23.7 Å². The Hall–Kier alpha value is -0.570. The molecular weight excluding hydrogens is 286 g/mol. The molecule has 4 heterocycles. The summed E-state index contributed by atoms with van der Waals surface area (Å²) in [5, 5.41) is 1.43. The molecule has 20 heavy (non-hydrogen) atoms. The molecule has 0 N–H and O–H groups in total. The Balaban J connectivity index is 0.00000121. The van der Waals surface area contributed by atoms with Crippen molar-refractivity contribution >= 4 is 33.8 Å². The van der Waals surface area contributed by atoms with E-state index in [2.05, 4.69) is 35.2 Å². The van der Waals surface area contributed by atoms with Crippen molar-refractivity contribution in [3.8, 4) is 0 Å². The summed E-state index contributed by atoms with van der Waals surface area (Å²) in [5.41, 5.74) is 0. The lowest BCUT2D eigenvalue weighted by molar-refractivity contribution is 0.0470. The summed E-state index contributed by atoms with van der Waals surface area (Å²) in [5.74, 6) is 1.99. The van der Waals surface area contributed by atoms with E-state index in [9.17, 15) is 0 Å². The molecule has 3 heteroatoms. The molecule has 2 aromatic rings. The minimum absolute atomic E-state index is 0. The molecule has 3 aliphatic heterocycles. The molecular formula is C17H22ClNS. The fourth-order valence-electron chi connectivity index (χ4n) is 3.90. The average molecular weight is 308 g/mol. The van der Waals surface area contributed by atoms with Crippen LogP contribution in [0, 0.1) is 11.8 Å². The summed E-state index contributed by atoms with van der Waals surface area (Å²) in [4.78, 5) is 4.26. The van der Waals surface area contributed by atoms with Crippen molar-refractivity contribution in [3.05, 3.63) is 35.2 Å². The van der Waals surface area contributed by atoms with Crippen LogP contribution in [0.4, 0.5) is 0 Å². The third-order valence-corrected chi connectivity index (χ3v) is 6.21. The maximum absolute atomic E-state index is 2.68. The highest BCUT2D eigenvalue weighted by Crippen LogP contribution is 2.36. The van der Waals surface area contributed by atoms with Gasteiger partial charge in [-0.25, -0.2) is 0 Å². The zero-order valence-corrected chi connectivity index (χ0v) is 13.4. The molecule has 1 aromatic heterocycles. The van der Waals surface area contributed by atoms with E-state index in [0.717, 1.165) is 11.8 Å². The Morgan fingerprint density at radius 1 is 1.15 bits per heavy atom. The normalized spacial score (nSPS) is 28.5. The van der Waals surface area contributed by atoms with E-state index >= 15 is 0 Å². The van der Waals surface area contributed by atoms with Gasteiger partial charge in [-0.15, -0.1) is 23.7 Å². The van der Waals surface area contributed by atoms with Gasteiger partial charge < -0.3 is 4.90 Å². The fourth-order valence-corrected chi connectivity index (χ4v) is 4.98. The van der Waals surface area contributed by atoms with Gasteiger partial charge >= 0.3 is 0 Å². The monoisotopic (exact) mass is 307 g/mol. The van der Waals surface area contributed by atoms with E-state index in [1.165, 1.54) is 55.4 Å². The van der Waals surface area contributed by atoms with Crippen molar-refractivity contribution in [2.75, 3.05) is 19.6 Å². The van der Waals surface area contributed by atoms with Crippen LogP contribution in [0.1, 0.15) is 24.1 Å². The van der Waals surface area contributed by atoms with Crippen LogP contribution in [0.2, 0.25) is 0 Å². The number of nitrogens with zero attached hydrogens (tertiary/aromatic N) is 1. The van der Waals surface area contributed by atoms with Crippen molar-refractivity contribution in [1.82, 2.24) is 4.90 Å². The topological polar surface area (TPSA) is 3.24 Å². The lowest BCUT2D eigenvalue weighted by Gasteiger charge is -2.45. The van der Waals surface area contributed by atoms with Crippen LogP contribution < -0.4 is 0 Å². The van der Waals surface area contributed by atoms with Crippen LogP contribution in [0.3, 0.4) is 0 Å². The van der Waals surface area contributed by atoms with E-state index in [-0.39, 0.29) is 12.4 Å². The molecule has 108 valence electrons. The summed E-state index contributed by atoms with van der Waals surface area (Å²) < 4.78 is 1.45. The van der Waals surface area contributed by atoms with Crippen molar-refractivity contribution in [2.45, 2.75) is 25.7 Å². The zero-order valence-electron chi connectivity index (χ0n) is 11.8. The standard InChI is InChI=1S/C17H21NS.ClH/c1-2-4-17-14(3-1)11-16(19-17)6-5-15-12-18-9-7-13(15)8-10-18;/h1-4,11,13,15H,5-10,12H2;1H. The maximum Gasteiger partial charge on any atom is 0.0345 e. The Morgan fingerprint density at radius 3 is 2.65 bits per heavy atom. The predicted molar refractivity (Wildman–Crippen MR) is 90.0 cm³/mol. The third-order valence-electron chi connectivity index (χ3n) is 5.03. The molecule has 0 amide bonds. The molecule has 2 bridgehead atoms. The predicted octanol–water partition coefficient (Wildman–Crippen LogP) is 4.60. The number of hydrogen-bond donors (Lipinski definition) is 0. The third kappa shape index (κ3) is 2.74. The van der Waals surface area contributed by atoms with Crippen molar-refractivity contribution < 1.29 is 0 Å². The molecule has 5 rings (SSSR count). The second kappa shape index (κ2) is 6.05. The lowest BCUT2D eigenvalue weighted by atomic mass is 9.77. The highest BCUT2D eigenvalue weighted by molar-refractivity contribution is 7.19. The Morgan fingerprint density at radius 2 is 1.95 bits per heavy atom. The molecule has 1 nitrogen and oxygen atoms in total. The molecule has 0 radical (unpaired) electrons. The maximum atomic E-state index is 2.68. The lowest BCUT2D eigenvalue weighted by Crippen LogP contribution is -2.47. The number of piperidine rings is 3. The number of benzene rings is 1. The van der Waals surface area contributed by atoms with Gasteiger partial charge in [-0.05, 0) is 68.1 Å². The summed E-state index contributed by atoms with van der Waals surface area (Å²) in [7, 11) is 0. The van der Waals surface area contributed by atoms with Crippen molar-refractivity contribution in [3.63, 3.8) is 0 Å². The number of aryl methyl sites for hydroxylation is 1. The first kappa shape index (κ1) is 14.4. The summed E-state index contributed by atoms with van der Waals surface area (Å²) in [6, 6.07) is 11.2. The van der Waals surface area contributed by atoms with Crippen LogP contribution in [-0.4, -0.2) is 24.5 Å². The van der Waals surface area contributed by atoms with Crippen molar-refractivity contribution in [2.24, 2.45) is 11.8 Å². The first-order valence-electron chi connectivity index (χ1n) is 7.58. The number of thiophene rings is 1. The minimum Gasteiger partial charge on any atom is -0.303 e. The molecule has 0 spiro atoms. The summed E-state index contributed by atoms with van der Waals surface area (Å²) in [6.07, 6.45) is 5.59. The molecule has 3 fully saturated rings. The fraction of sp³-hybridized carbons (Fsp3) is 0.529. The van der Waals surface area contributed by atoms with Crippen LogP contribution in [0.5, 0.6) is 0 Å². The van der Waals surface area contributed by atoms with E-state index in [1.807, 2.05) is 11.3 Å². The molecule has 3 saturated heterocycles. The van der Waals surface area contributed by atoms with E-state index in [4.69, 9.17) is 0 Å². The number of halogens is 1. The zero-order chi connectivity index (χ0) is 12.7. The minimum atomic E-state index is 0. The van der Waals surface area contributed by atoms with Gasteiger partial charge in [-0.3, -0.25) is 0 Å². The highest BCUT2D eigenvalue weighted by Gasteiger charge is 2.33. The van der Waals surface area contributed by atoms with E-state index < -0.39 is 0 Å². The molecule has 0 aliphatic carbocycles. The van der Waals surface area contributed by atoms with Gasteiger partial charge in [0.15, 0.2) is 0 Å². The van der Waals surface area contributed by atoms with Crippen LogP contribution in [-0.2, 0) is 6.42 Å². The van der Waals surface area contributed by atoms with Crippen LogP contribution in [0.15, 0.2) is 30.3 Å². The number of rotatable bonds is 3. The largest absolute Gasteiger partial charge is 0.303 e. The molecule has 1 unspecified atom stereocenters. The van der Waals surface area contributed by atoms with Crippen molar-refractivity contribution in [1.29, 1.82) is 0 Å². The number of fused-ring (bicyclic) bond motifs is 4. The molecule has 3 aliphatic rings. The second-order valence-electron chi connectivity index (χ2n) is 6.19. The van der Waals surface area contributed by atoms with Gasteiger partial charge in [-0.1, -0.05) is 18.2 Å². The van der Waals surface area contributed by atoms with Gasteiger partial charge in [0, 0.05) is 16.1 Å². The van der Waals surface area contributed by atoms with Crippen LogP contribution in [0.25, 0.3) is 10.1 Å².